The molecule has 3 aromatic rings. The van der Waals surface area contributed by atoms with E-state index in [0.29, 0.717) is 16.3 Å². The zero-order valence-electron chi connectivity index (χ0n) is 13.8. The van der Waals surface area contributed by atoms with E-state index in [2.05, 4.69) is 33.0 Å². The lowest BCUT2D eigenvalue weighted by molar-refractivity contribution is 0.0938. The Kier molecular flexibility index (Phi) is 5.40. The Morgan fingerprint density at radius 1 is 1.24 bits per heavy atom. The molecule has 0 bridgehead atoms. The number of rotatable bonds is 6. The topological polar surface area (TPSA) is 72.7 Å². The van der Waals surface area contributed by atoms with Gasteiger partial charge in [0, 0.05) is 11.1 Å². The molecule has 1 amide bonds. The average molecular weight is 356 g/mol. The van der Waals surface area contributed by atoms with Crippen LogP contribution < -0.4 is 5.32 Å². The van der Waals surface area contributed by atoms with Crippen molar-refractivity contribution < 1.29 is 4.79 Å². The summed E-state index contributed by atoms with van der Waals surface area (Å²) < 4.78 is 1.44. The van der Waals surface area contributed by atoms with Gasteiger partial charge in [0.25, 0.3) is 5.91 Å². The van der Waals surface area contributed by atoms with Gasteiger partial charge in [0.2, 0.25) is 0 Å². The molecule has 0 spiro atoms. The molecular weight excluding hydrogens is 338 g/mol. The molecule has 0 saturated heterocycles. The van der Waals surface area contributed by atoms with E-state index >= 15 is 0 Å². The Morgan fingerprint density at radius 3 is 2.76 bits per heavy atom. The number of carbonyl (C=O) groups excluding carboxylic acids is 1. The second kappa shape index (κ2) is 7.90. The quantitative estimate of drug-likeness (QED) is 0.737. The lowest BCUT2D eigenvalue weighted by Gasteiger charge is -2.16. The largest absolute Gasteiger partial charge is 0.350 e. The standard InChI is InChI=1S/C18H18ClN5O/c1-13(7-8-14-5-3-2-4-6-14)21-18(25)16-11-15(19)9-10-17(16)24-12-20-22-23-24/h2-6,9-13H,7-8H2,1H3,(H,21,25)/t13-/m0/s1. The maximum absolute atomic E-state index is 12.7. The van der Waals surface area contributed by atoms with E-state index < -0.39 is 0 Å². The SMILES string of the molecule is C[C@@H](CCc1ccccc1)NC(=O)c1cc(Cl)ccc1-n1cnnn1. The number of hydrogen-bond acceptors (Lipinski definition) is 4. The predicted molar refractivity (Wildman–Crippen MR) is 95.9 cm³/mol. The van der Waals surface area contributed by atoms with E-state index in [1.165, 1.54) is 16.6 Å². The maximum atomic E-state index is 12.7. The van der Waals surface area contributed by atoms with Crippen LogP contribution >= 0.6 is 11.6 Å². The van der Waals surface area contributed by atoms with Crippen molar-refractivity contribution in [1.29, 1.82) is 0 Å². The number of tetrazole rings is 1. The molecule has 128 valence electrons. The van der Waals surface area contributed by atoms with Crippen molar-refractivity contribution in [3.05, 3.63) is 71.0 Å². The first-order valence-electron chi connectivity index (χ1n) is 8.01. The fourth-order valence-electron chi connectivity index (χ4n) is 2.56. The molecule has 0 aliphatic rings. The van der Waals surface area contributed by atoms with Gasteiger partial charge in [-0.15, -0.1) is 5.10 Å². The van der Waals surface area contributed by atoms with Crippen molar-refractivity contribution in [2.75, 3.05) is 0 Å². The van der Waals surface area contributed by atoms with Gasteiger partial charge in [-0.2, -0.15) is 4.68 Å². The molecule has 0 radical (unpaired) electrons. The van der Waals surface area contributed by atoms with Gasteiger partial charge in [0.05, 0.1) is 11.3 Å². The fourth-order valence-corrected chi connectivity index (χ4v) is 2.74. The van der Waals surface area contributed by atoms with E-state index in [-0.39, 0.29) is 11.9 Å². The highest BCUT2D eigenvalue weighted by molar-refractivity contribution is 6.31. The molecule has 1 aromatic heterocycles. The lowest BCUT2D eigenvalue weighted by atomic mass is 10.1. The third-order valence-electron chi connectivity index (χ3n) is 3.89. The molecule has 1 atom stereocenters. The summed E-state index contributed by atoms with van der Waals surface area (Å²) in [7, 11) is 0. The lowest BCUT2D eigenvalue weighted by Crippen LogP contribution is -2.33. The summed E-state index contributed by atoms with van der Waals surface area (Å²) in [6.45, 7) is 1.99. The smallest absolute Gasteiger partial charge is 0.253 e. The molecule has 0 aliphatic carbocycles. The van der Waals surface area contributed by atoms with Gasteiger partial charge in [-0.05, 0) is 54.0 Å². The molecule has 1 N–H and O–H groups in total. The van der Waals surface area contributed by atoms with Crippen LogP contribution in [0, 0.1) is 0 Å². The van der Waals surface area contributed by atoms with Gasteiger partial charge in [0.1, 0.15) is 6.33 Å². The third-order valence-corrected chi connectivity index (χ3v) is 4.12. The van der Waals surface area contributed by atoms with Crippen LogP contribution in [-0.2, 0) is 6.42 Å². The molecule has 25 heavy (non-hydrogen) atoms. The number of halogens is 1. The molecule has 7 heteroatoms. The first-order valence-corrected chi connectivity index (χ1v) is 8.39. The van der Waals surface area contributed by atoms with E-state index in [1.54, 1.807) is 18.2 Å². The summed E-state index contributed by atoms with van der Waals surface area (Å²) in [5, 5.41) is 14.6. The molecule has 0 aliphatic heterocycles. The van der Waals surface area contributed by atoms with Crippen LogP contribution in [0.1, 0.15) is 29.3 Å². The number of benzene rings is 2. The Balaban J connectivity index is 1.69. The second-order valence-electron chi connectivity index (χ2n) is 5.81. The normalized spacial score (nSPS) is 11.9. The highest BCUT2D eigenvalue weighted by Crippen LogP contribution is 2.19. The van der Waals surface area contributed by atoms with Gasteiger partial charge in [-0.3, -0.25) is 4.79 Å². The van der Waals surface area contributed by atoms with Gasteiger partial charge < -0.3 is 5.32 Å². The van der Waals surface area contributed by atoms with Crippen molar-refractivity contribution in [1.82, 2.24) is 25.5 Å². The molecule has 0 saturated carbocycles. The molecule has 6 nitrogen and oxygen atoms in total. The van der Waals surface area contributed by atoms with Crippen LogP contribution in [0.15, 0.2) is 54.9 Å². The van der Waals surface area contributed by atoms with Gasteiger partial charge in [-0.1, -0.05) is 41.9 Å². The first kappa shape index (κ1) is 17.1. The Hall–Kier alpha value is -2.73. The number of aryl methyl sites for hydroxylation is 1. The van der Waals surface area contributed by atoms with Crippen LogP contribution in [0.3, 0.4) is 0 Å². The summed E-state index contributed by atoms with van der Waals surface area (Å²) in [6, 6.07) is 15.3. The van der Waals surface area contributed by atoms with Crippen LogP contribution in [0.2, 0.25) is 5.02 Å². The number of nitrogens with zero attached hydrogens (tertiary/aromatic N) is 4. The number of nitrogens with one attached hydrogen (secondary N) is 1. The highest BCUT2D eigenvalue weighted by Gasteiger charge is 2.16. The fraction of sp³-hybridized carbons (Fsp3) is 0.222. The number of hydrogen-bond donors (Lipinski definition) is 1. The van der Waals surface area contributed by atoms with Crippen molar-refractivity contribution >= 4 is 17.5 Å². The predicted octanol–water partition coefficient (Wildman–Crippen LogP) is 3.07. The molecule has 3 rings (SSSR count). The van der Waals surface area contributed by atoms with Crippen molar-refractivity contribution in [2.45, 2.75) is 25.8 Å². The van der Waals surface area contributed by atoms with E-state index in [1.807, 2.05) is 25.1 Å². The summed E-state index contributed by atoms with van der Waals surface area (Å²) in [5.74, 6) is -0.200. The zero-order valence-corrected chi connectivity index (χ0v) is 14.5. The second-order valence-corrected chi connectivity index (χ2v) is 6.25. The van der Waals surface area contributed by atoms with Crippen molar-refractivity contribution in [3.8, 4) is 5.69 Å². The highest BCUT2D eigenvalue weighted by atomic mass is 35.5. The summed E-state index contributed by atoms with van der Waals surface area (Å²) in [6.07, 6.45) is 3.19. The Labute approximate surface area is 150 Å². The maximum Gasteiger partial charge on any atom is 0.253 e. The minimum absolute atomic E-state index is 0.0217. The Bertz CT molecular complexity index is 836. The van der Waals surface area contributed by atoms with Crippen LogP contribution in [0.4, 0.5) is 0 Å². The van der Waals surface area contributed by atoms with Gasteiger partial charge in [-0.25, -0.2) is 0 Å². The number of amides is 1. The zero-order chi connectivity index (χ0) is 17.6. The van der Waals surface area contributed by atoms with Crippen LogP contribution in [0.5, 0.6) is 0 Å². The number of aromatic nitrogens is 4. The average Bonchev–Trinajstić information content (AvgIpc) is 3.15. The molecule has 2 aromatic carbocycles. The molecular formula is C18H18ClN5O. The molecule has 0 fully saturated rings. The van der Waals surface area contributed by atoms with Crippen molar-refractivity contribution in [2.24, 2.45) is 0 Å². The van der Waals surface area contributed by atoms with Gasteiger partial charge in [0.15, 0.2) is 0 Å². The summed E-state index contributed by atoms with van der Waals surface area (Å²) in [4.78, 5) is 12.7. The monoisotopic (exact) mass is 355 g/mol. The number of carbonyl (C=O) groups is 1. The summed E-state index contributed by atoms with van der Waals surface area (Å²) in [5.41, 5.74) is 2.27. The van der Waals surface area contributed by atoms with Crippen LogP contribution in [-0.4, -0.2) is 32.2 Å². The molecule has 0 unspecified atom stereocenters. The third kappa shape index (κ3) is 4.42. The van der Waals surface area contributed by atoms with E-state index in [9.17, 15) is 4.79 Å². The Morgan fingerprint density at radius 2 is 2.04 bits per heavy atom. The minimum atomic E-state index is -0.200. The molecule has 1 heterocycles. The van der Waals surface area contributed by atoms with E-state index in [4.69, 9.17) is 11.6 Å². The van der Waals surface area contributed by atoms with Crippen LogP contribution in [0.25, 0.3) is 5.69 Å². The minimum Gasteiger partial charge on any atom is -0.350 e. The van der Waals surface area contributed by atoms with Gasteiger partial charge >= 0.3 is 0 Å². The summed E-state index contributed by atoms with van der Waals surface area (Å²) >= 11 is 6.06. The van der Waals surface area contributed by atoms with Crippen molar-refractivity contribution in [3.63, 3.8) is 0 Å². The van der Waals surface area contributed by atoms with E-state index in [0.717, 1.165) is 12.8 Å². The first-order chi connectivity index (χ1) is 12.1.